The maximum Gasteiger partial charge on any atom is 0.0339 e. The topological polar surface area (TPSA) is 38.4 Å². The smallest absolute Gasteiger partial charge is 0.0339 e. The summed E-state index contributed by atoms with van der Waals surface area (Å²) in [5.41, 5.74) is 7.57. The lowest BCUT2D eigenvalue weighted by Crippen LogP contribution is -2.04. The van der Waals surface area contributed by atoms with Crippen molar-refractivity contribution >= 4 is 6.21 Å². The van der Waals surface area contributed by atoms with Crippen LogP contribution in [-0.2, 0) is 0 Å². The first-order valence-electron chi connectivity index (χ1n) is 3.96. The summed E-state index contributed by atoms with van der Waals surface area (Å²) >= 11 is 0. The molecule has 0 amide bonds. The van der Waals surface area contributed by atoms with E-state index < -0.39 is 0 Å². The molecule has 0 fully saturated rings. The van der Waals surface area contributed by atoms with Crippen LogP contribution in [0.4, 0.5) is 0 Å². The van der Waals surface area contributed by atoms with Crippen LogP contribution in [0.5, 0.6) is 0 Å². The van der Waals surface area contributed by atoms with Gasteiger partial charge in [-0.1, -0.05) is 18.7 Å². The van der Waals surface area contributed by atoms with Gasteiger partial charge in [-0.2, -0.15) is 0 Å². The first-order valence-corrected chi connectivity index (χ1v) is 3.96. The highest BCUT2D eigenvalue weighted by molar-refractivity contribution is 5.55. The fourth-order valence-corrected chi connectivity index (χ4v) is 0.824. The summed E-state index contributed by atoms with van der Waals surface area (Å²) < 4.78 is 0. The van der Waals surface area contributed by atoms with Crippen molar-refractivity contribution in [3.8, 4) is 0 Å². The van der Waals surface area contributed by atoms with Gasteiger partial charge in [-0.25, -0.2) is 0 Å². The van der Waals surface area contributed by atoms with E-state index in [1.165, 1.54) is 0 Å². The molecule has 0 aliphatic rings. The molecule has 12 heavy (non-hydrogen) atoms. The zero-order chi connectivity index (χ0) is 9.40. The second-order valence-electron chi connectivity index (χ2n) is 2.21. The van der Waals surface area contributed by atoms with E-state index in [-0.39, 0.29) is 0 Å². The highest BCUT2D eigenvalue weighted by Gasteiger charge is 1.95. The predicted molar refractivity (Wildman–Crippen MR) is 55.3 cm³/mol. The van der Waals surface area contributed by atoms with E-state index in [1.54, 1.807) is 18.5 Å². The van der Waals surface area contributed by atoms with Gasteiger partial charge in [0.25, 0.3) is 0 Å². The van der Waals surface area contributed by atoms with Crippen LogP contribution < -0.4 is 5.73 Å². The Morgan fingerprint density at radius 1 is 1.50 bits per heavy atom. The summed E-state index contributed by atoms with van der Waals surface area (Å²) in [4.78, 5) is 4.01. The lowest BCUT2D eigenvalue weighted by atomic mass is 10.1. The third kappa shape index (κ3) is 3.30. The number of hydrogen-bond donors (Lipinski definition) is 1. The molecular formula is C10H16N2. The van der Waals surface area contributed by atoms with Crippen molar-refractivity contribution in [1.82, 2.24) is 0 Å². The Morgan fingerprint density at radius 2 is 2.17 bits per heavy atom. The summed E-state index contributed by atoms with van der Waals surface area (Å²) in [5.74, 6) is 0. The average molecular weight is 164 g/mol. The molecule has 0 aromatic heterocycles. The quantitative estimate of drug-likeness (QED) is 0.501. The van der Waals surface area contributed by atoms with Crippen LogP contribution in [0.1, 0.15) is 13.8 Å². The van der Waals surface area contributed by atoms with E-state index in [9.17, 15) is 0 Å². The lowest BCUT2D eigenvalue weighted by molar-refractivity contribution is 1.15. The van der Waals surface area contributed by atoms with E-state index in [2.05, 4.69) is 11.6 Å². The summed E-state index contributed by atoms with van der Waals surface area (Å²) in [7, 11) is 0. The Labute approximate surface area is 74.2 Å². The number of aliphatic imine (C=N–C) groups is 1. The SMILES string of the molecule is C=CC(=C\N=CC)/C(=C\C)CN. The van der Waals surface area contributed by atoms with Crippen LogP contribution in [0, 0.1) is 0 Å². The van der Waals surface area contributed by atoms with Crippen LogP contribution in [0.3, 0.4) is 0 Å². The number of nitrogens with zero attached hydrogens (tertiary/aromatic N) is 1. The number of hydrogen-bond acceptors (Lipinski definition) is 2. The summed E-state index contributed by atoms with van der Waals surface area (Å²) in [6.45, 7) is 8.04. The highest BCUT2D eigenvalue weighted by atomic mass is 14.7. The fourth-order valence-electron chi connectivity index (χ4n) is 0.824. The van der Waals surface area contributed by atoms with E-state index in [0.717, 1.165) is 11.1 Å². The van der Waals surface area contributed by atoms with Crippen LogP contribution >= 0.6 is 0 Å². The van der Waals surface area contributed by atoms with Crippen LogP contribution in [-0.4, -0.2) is 12.8 Å². The number of rotatable bonds is 4. The van der Waals surface area contributed by atoms with Crippen molar-refractivity contribution in [2.45, 2.75) is 13.8 Å². The molecule has 0 aromatic rings. The third-order valence-corrected chi connectivity index (χ3v) is 1.52. The molecule has 0 aromatic carbocycles. The second kappa shape index (κ2) is 6.55. The van der Waals surface area contributed by atoms with Gasteiger partial charge in [-0.3, -0.25) is 4.99 Å². The Balaban J connectivity index is 4.64. The Bertz CT molecular complexity index is 222. The summed E-state index contributed by atoms with van der Waals surface area (Å²) in [5, 5.41) is 0. The first-order chi connectivity index (χ1) is 5.79. The maximum absolute atomic E-state index is 5.52. The molecule has 66 valence electrons. The summed E-state index contributed by atoms with van der Waals surface area (Å²) in [6.07, 6.45) is 7.22. The van der Waals surface area contributed by atoms with Gasteiger partial charge in [0.2, 0.25) is 0 Å². The Kier molecular flexibility index (Phi) is 5.93. The van der Waals surface area contributed by atoms with Crippen molar-refractivity contribution < 1.29 is 0 Å². The zero-order valence-electron chi connectivity index (χ0n) is 7.75. The van der Waals surface area contributed by atoms with E-state index in [4.69, 9.17) is 5.73 Å². The number of allylic oxidation sites excluding steroid dienone is 2. The molecule has 2 N–H and O–H groups in total. The van der Waals surface area contributed by atoms with Gasteiger partial charge >= 0.3 is 0 Å². The van der Waals surface area contributed by atoms with Gasteiger partial charge in [0, 0.05) is 19.0 Å². The Hall–Kier alpha value is -1.15. The van der Waals surface area contributed by atoms with Gasteiger partial charge in [0.15, 0.2) is 0 Å². The molecule has 0 aliphatic carbocycles. The van der Waals surface area contributed by atoms with Gasteiger partial charge in [0.1, 0.15) is 0 Å². The van der Waals surface area contributed by atoms with Crippen LogP contribution in [0.15, 0.2) is 41.1 Å². The van der Waals surface area contributed by atoms with Crippen LogP contribution in [0.2, 0.25) is 0 Å². The third-order valence-electron chi connectivity index (χ3n) is 1.52. The molecule has 0 saturated carbocycles. The van der Waals surface area contributed by atoms with E-state index >= 15 is 0 Å². The molecule has 0 heterocycles. The first kappa shape index (κ1) is 10.8. The van der Waals surface area contributed by atoms with Crippen molar-refractivity contribution in [3.63, 3.8) is 0 Å². The molecule has 0 aliphatic heterocycles. The fraction of sp³-hybridized carbons (Fsp3) is 0.300. The molecule has 0 radical (unpaired) electrons. The van der Waals surface area contributed by atoms with Crippen molar-refractivity contribution in [1.29, 1.82) is 0 Å². The zero-order valence-corrected chi connectivity index (χ0v) is 7.75. The van der Waals surface area contributed by atoms with Crippen molar-refractivity contribution in [2.24, 2.45) is 10.7 Å². The molecule has 0 atom stereocenters. The second-order valence-corrected chi connectivity index (χ2v) is 2.21. The monoisotopic (exact) mass is 164 g/mol. The average Bonchev–Trinajstić information content (AvgIpc) is 2.12. The minimum atomic E-state index is 0.521. The highest BCUT2D eigenvalue weighted by Crippen LogP contribution is 2.09. The van der Waals surface area contributed by atoms with E-state index in [1.807, 2.05) is 19.9 Å². The van der Waals surface area contributed by atoms with E-state index in [0.29, 0.717) is 6.54 Å². The molecule has 0 spiro atoms. The van der Waals surface area contributed by atoms with Gasteiger partial charge in [0.05, 0.1) is 0 Å². The molecular weight excluding hydrogens is 148 g/mol. The molecule has 0 saturated heterocycles. The standard InChI is InChI=1S/C10H16N2/c1-4-9(7-11)10(5-2)8-12-6-3/h4-6,8H,2,7,11H2,1,3H3/b9-4-,10-8+,12-6?. The normalized spacial score (nSPS) is 13.9. The summed E-state index contributed by atoms with van der Waals surface area (Å²) in [6, 6.07) is 0. The maximum atomic E-state index is 5.52. The molecule has 0 rings (SSSR count). The molecule has 2 heteroatoms. The largest absolute Gasteiger partial charge is 0.326 e. The molecule has 0 bridgehead atoms. The minimum absolute atomic E-state index is 0.521. The van der Waals surface area contributed by atoms with Gasteiger partial charge < -0.3 is 5.73 Å². The predicted octanol–water partition coefficient (Wildman–Crippen LogP) is 2.05. The van der Waals surface area contributed by atoms with Crippen molar-refractivity contribution in [2.75, 3.05) is 6.54 Å². The lowest BCUT2D eigenvalue weighted by Gasteiger charge is -2.02. The van der Waals surface area contributed by atoms with Gasteiger partial charge in [-0.15, -0.1) is 0 Å². The molecule has 0 unspecified atom stereocenters. The van der Waals surface area contributed by atoms with Gasteiger partial charge in [-0.05, 0) is 25.0 Å². The molecule has 2 nitrogen and oxygen atoms in total. The Morgan fingerprint density at radius 3 is 2.50 bits per heavy atom. The van der Waals surface area contributed by atoms with Crippen LogP contribution in [0.25, 0.3) is 0 Å². The van der Waals surface area contributed by atoms with Crippen molar-refractivity contribution in [3.05, 3.63) is 36.1 Å². The minimum Gasteiger partial charge on any atom is -0.326 e. The number of nitrogens with two attached hydrogens (primary N) is 1.